The number of hydrogen-bond acceptors (Lipinski definition) is 1. The molecule has 0 aliphatic carbocycles. The molecule has 1 heterocycles. The number of rotatable bonds is 0. The fraction of sp³-hybridized carbons (Fsp3) is 0.167. The van der Waals surface area contributed by atoms with Crippen LogP contribution in [0.4, 0.5) is 0 Å². The minimum absolute atomic E-state index is 0.671. The van der Waals surface area contributed by atoms with Crippen LogP contribution in [0.2, 0.25) is 0 Å². The Labute approximate surface area is 54.2 Å². The number of nitrogens with zero attached hydrogens (tertiary/aromatic N) is 1. The first kappa shape index (κ1) is 5.51. The van der Waals surface area contributed by atoms with E-state index in [4.69, 9.17) is 12.6 Å². The highest BCUT2D eigenvalue weighted by Crippen LogP contribution is 2.00. The van der Waals surface area contributed by atoms with Crippen LogP contribution in [0.1, 0.15) is 5.69 Å². The Kier molecular flexibility index (Phi) is 1.44. The number of aromatic nitrogens is 1. The average Bonchev–Trinajstić information content (AvgIpc) is 1.64. The third-order valence-corrected chi connectivity index (χ3v) is 1.09. The van der Waals surface area contributed by atoms with Crippen LogP contribution in [0.3, 0.4) is 0 Å². The van der Waals surface area contributed by atoms with E-state index in [1.54, 1.807) is 0 Å². The van der Waals surface area contributed by atoms with E-state index >= 15 is 0 Å². The maximum Gasteiger partial charge on any atom is 0.126 e. The SMILES string of the molecule is Cc1cccc([S])n1. The summed E-state index contributed by atoms with van der Waals surface area (Å²) in [5.41, 5.74) is 0.984. The average molecular weight is 124 g/mol. The van der Waals surface area contributed by atoms with Crippen LogP contribution in [0.15, 0.2) is 23.2 Å². The van der Waals surface area contributed by atoms with Gasteiger partial charge in [-0.15, -0.1) is 0 Å². The molecule has 0 atom stereocenters. The van der Waals surface area contributed by atoms with E-state index in [0.717, 1.165) is 5.69 Å². The first-order valence-corrected chi connectivity index (χ1v) is 2.80. The minimum atomic E-state index is 0.671. The van der Waals surface area contributed by atoms with E-state index in [0.29, 0.717) is 5.03 Å². The fourth-order valence-electron chi connectivity index (χ4n) is 0.518. The number of hydrogen-bond donors (Lipinski definition) is 0. The lowest BCUT2D eigenvalue weighted by molar-refractivity contribution is 1.07. The minimum Gasteiger partial charge on any atom is -0.242 e. The van der Waals surface area contributed by atoms with Gasteiger partial charge < -0.3 is 0 Å². The van der Waals surface area contributed by atoms with Crippen molar-refractivity contribution in [2.45, 2.75) is 11.9 Å². The van der Waals surface area contributed by atoms with Crippen LogP contribution >= 0.6 is 12.6 Å². The summed E-state index contributed by atoms with van der Waals surface area (Å²) < 4.78 is 0. The molecule has 0 unspecified atom stereocenters. The van der Waals surface area contributed by atoms with E-state index < -0.39 is 0 Å². The van der Waals surface area contributed by atoms with Crippen LogP contribution in [-0.2, 0) is 0 Å². The predicted molar refractivity (Wildman–Crippen MR) is 34.8 cm³/mol. The van der Waals surface area contributed by atoms with Crippen molar-refractivity contribution in [1.29, 1.82) is 0 Å². The van der Waals surface area contributed by atoms with Crippen molar-refractivity contribution in [3.05, 3.63) is 23.9 Å². The van der Waals surface area contributed by atoms with Crippen LogP contribution in [0, 0.1) is 6.92 Å². The molecule has 0 saturated carbocycles. The van der Waals surface area contributed by atoms with Crippen LogP contribution in [0.25, 0.3) is 0 Å². The Morgan fingerprint density at radius 2 is 2.25 bits per heavy atom. The first-order chi connectivity index (χ1) is 3.79. The van der Waals surface area contributed by atoms with Crippen molar-refractivity contribution in [3.8, 4) is 0 Å². The summed E-state index contributed by atoms with van der Waals surface area (Å²) in [7, 11) is 0. The molecule has 0 aliphatic rings. The van der Waals surface area contributed by atoms with Gasteiger partial charge in [0.15, 0.2) is 0 Å². The van der Waals surface area contributed by atoms with Gasteiger partial charge >= 0.3 is 0 Å². The van der Waals surface area contributed by atoms with Crippen molar-refractivity contribution in [3.63, 3.8) is 0 Å². The molecule has 1 aromatic rings. The number of aryl methyl sites for hydroxylation is 1. The largest absolute Gasteiger partial charge is 0.242 e. The van der Waals surface area contributed by atoms with Gasteiger partial charge in [-0.2, -0.15) is 0 Å². The molecule has 0 aliphatic heterocycles. The van der Waals surface area contributed by atoms with Gasteiger partial charge in [-0.3, -0.25) is 0 Å². The van der Waals surface area contributed by atoms with Gasteiger partial charge in [0.2, 0.25) is 0 Å². The van der Waals surface area contributed by atoms with Gasteiger partial charge in [-0.1, -0.05) is 18.7 Å². The monoisotopic (exact) mass is 124 g/mol. The second-order valence-corrected chi connectivity index (χ2v) is 2.04. The maximum atomic E-state index is 4.79. The molecule has 8 heavy (non-hydrogen) atoms. The van der Waals surface area contributed by atoms with Gasteiger partial charge in [-0.05, 0) is 19.1 Å². The summed E-state index contributed by atoms with van der Waals surface area (Å²) in [4.78, 5) is 3.99. The van der Waals surface area contributed by atoms with Gasteiger partial charge in [0.25, 0.3) is 0 Å². The summed E-state index contributed by atoms with van der Waals surface area (Å²) in [6.07, 6.45) is 0. The summed E-state index contributed by atoms with van der Waals surface area (Å²) in [6, 6.07) is 5.64. The smallest absolute Gasteiger partial charge is 0.126 e. The standard InChI is InChI=1S/C6H6NS/c1-5-3-2-4-6(8)7-5/h2-4H,1H3. The second-order valence-electron chi connectivity index (χ2n) is 1.62. The summed E-state index contributed by atoms with van der Waals surface area (Å²) in [5, 5.41) is 0.671. The molecule has 0 saturated heterocycles. The molecule has 0 amide bonds. The molecule has 0 spiro atoms. The Morgan fingerprint density at radius 1 is 1.50 bits per heavy atom. The van der Waals surface area contributed by atoms with Crippen LogP contribution in [-0.4, -0.2) is 4.98 Å². The summed E-state index contributed by atoms with van der Waals surface area (Å²) >= 11 is 4.79. The fourth-order valence-corrected chi connectivity index (χ4v) is 0.741. The lowest BCUT2D eigenvalue weighted by Gasteiger charge is -1.88. The molecule has 0 N–H and O–H groups in total. The quantitative estimate of drug-likeness (QED) is 0.515. The van der Waals surface area contributed by atoms with E-state index in [2.05, 4.69) is 4.98 Å². The zero-order chi connectivity index (χ0) is 5.98. The van der Waals surface area contributed by atoms with Crippen molar-refractivity contribution >= 4 is 12.6 Å². The Balaban J connectivity index is 3.08. The van der Waals surface area contributed by atoms with Crippen molar-refractivity contribution < 1.29 is 0 Å². The van der Waals surface area contributed by atoms with E-state index in [1.807, 2.05) is 25.1 Å². The Hall–Kier alpha value is -0.630. The van der Waals surface area contributed by atoms with Crippen molar-refractivity contribution in [2.24, 2.45) is 0 Å². The van der Waals surface area contributed by atoms with E-state index in [1.165, 1.54) is 0 Å². The predicted octanol–water partition coefficient (Wildman–Crippen LogP) is 1.95. The highest BCUT2D eigenvalue weighted by atomic mass is 32.1. The third kappa shape index (κ3) is 1.17. The van der Waals surface area contributed by atoms with Crippen LogP contribution in [0.5, 0.6) is 0 Å². The van der Waals surface area contributed by atoms with E-state index in [-0.39, 0.29) is 0 Å². The van der Waals surface area contributed by atoms with Crippen LogP contribution < -0.4 is 0 Å². The van der Waals surface area contributed by atoms with Gasteiger partial charge in [0.1, 0.15) is 5.03 Å². The van der Waals surface area contributed by atoms with Gasteiger partial charge in [-0.25, -0.2) is 4.98 Å². The van der Waals surface area contributed by atoms with Crippen molar-refractivity contribution in [2.75, 3.05) is 0 Å². The molecule has 2 heteroatoms. The third-order valence-electron chi connectivity index (χ3n) is 0.863. The molecular weight excluding hydrogens is 118 g/mol. The zero-order valence-corrected chi connectivity index (χ0v) is 5.40. The molecule has 41 valence electrons. The lowest BCUT2D eigenvalue weighted by atomic mass is 10.4. The normalized spacial score (nSPS) is 9.12. The maximum absolute atomic E-state index is 4.79. The molecule has 0 bridgehead atoms. The molecule has 1 radical (unpaired) electrons. The van der Waals surface area contributed by atoms with E-state index in [9.17, 15) is 0 Å². The van der Waals surface area contributed by atoms with Gasteiger partial charge in [0, 0.05) is 5.69 Å². The summed E-state index contributed by atoms with van der Waals surface area (Å²) in [6.45, 7) is 1.93. The first-order valence-electron chi connectivity index (χ1n) is 2.40. The van der Waals surface area contributed by atoms with Crippen molar-refractivity contribution in [1.82, 2.24) is 4.98 Å². The van der Waals surface area contributed by atoms with Gasteiger partial charge in [0.05, 0.1) is 0 Å². The second kappa shape index (κ2) is 2.09. The highest BCUT2D eigenvalue weighted by Gasteiger charge is 1.84. The lowest BCUT2D eigenvalue weighted by Crippen LogP contribution is -1.77. The Morgan fingerprint density at radius 3 is 2.62 bits per heavy atom. The summed E-state index contributed by atoms with van der Waals surface area (Å²) in [5.74, 6) is 0. The molecule has 1 aromatic heterocycles. The molecule has 1 nitrogen and oxygen atoms in total. The highest BCUT2D eigenvalue weighted by molar-refractivity contribution is 7.80. The topological polar surface area (TPSA) is 12.9 Å². The number of pyridine rings is 1. The Bertz CT molecular complexity index is 168. The zero-order valence-electron chi connectivity index (χ0n) is 4.59. The molecule has 0 aromatic carbocycles. The molecule has 0 fully saturated rings. The molecular formula is C6H6NS. The molecule has 1 rings (SSSR count).